The monoisotopic (exact) mass is 306 g/mol. The Morgan fingerprint density at radius 1 is 1.24 bits per heavy atom. The quantitative estimate of drug-likeness (QED) is 0.870. The molecular formula is C14H21F3N2O2. The van der Waals surface area contributed by atoms with E-state index in [1.54, 1.807) is 6.92 Å². The molecule has 2 amide bonds. The Kier molecular flexibility index (Phi) is 4.49. The lowest BCUT2D eigenvalue weighted by Crippen LogP contribution is -2.71. The van der Waals surface area contributed by atoms with Gasteiger partial charge in [-0.2, -0.15) is 13.2 Å². The first-order chi connectivity index (χ1) is 9.79. The van der Waals surface area contributed by atoms with Gasteiger partial charge in [-0.1, -0.05) is 32.6 Å². The fraction of sp³-hybridized carbons (Fsp3) is 0.857. The van der Waals surface area contributed by atoms with E-state index in [0.717, 1.165) is 24.2 Å². The second-order valence-electron chi connectivity index (χ2n) is 5.98. The number of piperazine rings is 1. The van der Waals surface area contributed by atoms with Gasteiger partial charge in [-0.25, -0.2) is 0 Å². The maximum Gasteiger partial charge on any atom is 0.406 e. The van der Waals surface area contributed by atoms with E-state index in [2.05, 4.69) is 5.32 Å². The number of rotatable bonds is 3. The van der Waals surface area contributed by atoms with Crippen LogP contribution in [0.3, 0.4) is 0 Å². The highest BCUT2D eigenvalue weighted by atomic mass is 19.4. The zero-order valence-corrected chi connectivity index (χ0v) is 12.1. The molecule has 1 N–H and O–H groups in total. The zero-order valence-electron chi connectivity index (χ0n) is 12.1. The van der Waals surface area contributed by atoms with Gasteiger partial charge in [0.05, 0.1) is 0 Å². The lowest BCUT2D eigenvalue weighted by molar-refractivity contribution is -0.179. The summed E-state index contributed by atoms with van der Waals surface area (Å²) >= 11 is 0. The Balaban J connectivity index is 2.28. The van der Waals surface area contributed by atoms with Crippen molar-refractivity contribution < 1.29 is 22.8 Å². The molecule has 0 aromatic carbocycles. The van der Waals surface area contributed by atoms with E-state index >= 15 is 0 Å². The minimum Gasteiger partial charge on any atom is -0.340 e. The van der Waals surface area contributed by atoms with Gasteiger partial charge < -0.3 is 10.2 Å². The van der Waals surface area contributed by atoms with Crippen LogP contribution in [-0.4, -0.2) is 41.0 Å². The Bertz CT molecular complexity index is 417. The average molecular weight is 306 g/mol. The van der Waals surface area contributed by atoms with E-state index < -0.39 is 36.1 Å². The second kappa shape index (κ2) is 5.85. The first kappa shape index (κ1) is 16.1. The first-order valence-electron chi connectivity index (χ1n) is 7.49. The smallest absolute Gasteiger partial charge is 0.340 e. The molecule has 0 radical (unpaired) electrons. The average Bonchev–Trinajstić information content (AvgIpc) is 2.40. The van der Waals surface area contributed by atoms with E-state index in [1.807, 2.05) is 0 Å². The summed E-state index contributed by atoms with van der Waals surface area (Å²) in [6, 6.07) is -1.00. The summed E-state index contributed by atoms with van der Waals surface area (Å²) in [6.45, 7) is 0.445. The van der Waals surface area contributed by atoms with Crippen molar-refractivity contribution in [1.82, 2.24) is 10.2 Å². The molecule has 2 fully saturated rings. The zero-order chi connectivity index (χ0) is 15.7. The molecule has 2 aliphatic rings. The number of carbonyl (C=O) groups excluding carboxylic acids is 2. The molecular weight excluding hydrogens is 285 g/mol. The molecule has 1 heterocycles. The number of alkyl halides is 3. The van der Waals surface area contributed by atoms with Crippen LogP contribution in [0.15, 0.2) is 0 Å². The van der Waals surface area contributed by atoms with Crippen LogP contribution in [-0.2, 0) is 9.59 Å². The molecule has 0 aromatic heterocycles. The van der Waals surface area contributed by atoms with Crippen molar-refractivity contribution in [3.05, 3.63) is 0 Å². The third-order valence-corrected chi connectivity index (χ3v) is 4.33. The third-order valence-electron chi connectivity index (χ3n) is 4.33. The maximum absolute atomic E-state index is 12.8. The Labute approximate surface area is 122 Å². The van der Waals surface area contributed by atoms with E-state index in [1.165, 1.54) is 0 Å². The molecule has 2 rings (SSSR count). The summed E-state index contributed by atoms with van der Waals surface area (Å²) < 4.78 is 38.4. The molecule has 120 valence electrons. The molecule has 21 heavy (non-hydrogen) atoms. The van der Waals surface area contributed by atoms with Crippen LogP contribution in [0.25, 0.3) is 0 Å². The molecule has 4 nitrogen and oxygen atoms in total. The number of amides is 2. The van der Waals surface area contributed by atoms with Gasteiger partial charge in [0.25, 0.3) is 0 Å². The van der Waals surface area contributed by atoms with Gasteiger partial charge in [0.15, 0.2) is 0 Å². The summed E-state index contributed by atoms with van der Waals surface area (Å²) in [5.41, 5.74) is -1.11. The van der Waals surface area contributed by atoms with Crippen molar-refractivity contribution in [3.63, 3.8) is 0 Å². The van der Waals surface area contributed by atoms with E-state index in [4.69, 9.17) is 0 Å². The Morgan fingerprint density at radius 3 is 2.38 bits per heavy atom. The van der Waals surface area contributed by atoms with Crippen molar-refractivity contribution >= 4 is 11.8 Å². The van der Waals surface area contributed by atoms with Gasteiger partial charge in [0.1, 0.15) is 18.1 Å². The highest BCUT2D eigenvalue weighted by molar-refractivity contribution is 5.99. The standard InChI is InChI=1S/C14H21F3N2O2/c1-2-6-10-11(20)18-13(7-4-3-5-8-13)12(21)19(10)9-14(15,16)17/h10H,2-9H2,1H3,(H,18,20). The molecule has 7 heteroatoms. The van der Waals surface area contributed by atoms with Gasteiger partial charge in [0.2, 0.25) is 11.8 Å². The van der Waals surface area contributed by atoms with Gasteiger partial charge in [0, 0.05) is 0 Å². The van der Waals surface area contributed by atoms with Crippen LogP contribution in [0.1, 0.15) is 51.9 Å². The largest absolute Gasteiger partial charge is 0.406 e. The number of hydrogen-bond donors (Lipinski definition) is 1. The minimum atomic E-state index is -4.49. The highest BCUT2D eigenvalue weighted by Gasteiger charge is 2.52. The van der Waals surface area contributed by atoms with E-state index in [9.17, 15) is 22.8 Å². The predicted octanol–water partition coefficient (Wildman–Crippen LogP) is 2.38. The van der Waals surface area contributed by atoms with Crippen molar-refractivity contribution in [2.75, 3.05) is 6.54 Å². The first-order valence-corrected chi connectivity index (χ1v) is 7.49. The normalized spacial score (nSPS) is 26.1. The molecule has 1 aliphatic carbocycles. The third kappa shape index (κ3) is 3.32. The minimum absolute atomic E-state index is 0.254. The summed E-state index contributed by atoms with van der Waals surface area (Å²) in [6.07, 6.45) is -0.363. The SMILES string of the molecule is CCCC1C(=O)NC2(CCCCC2)C(=O)N1CC(F)(F)F. The van der Waals surface area contributed by atoms with Gasteiger partial charge in [-0.05, 0) is 19.3 Å². The van der Waals surface area contributed by atoms with Crippen molar-refractivity contribution in [3.8, 4) is 0 Å². The number of carbonyl (C=O) groups is 2. The van der Waals surface area contributed by atoms with Crippen LogP contribution in [0.5, 0.6) is 0 Å². The summed E-state index contributed by atoms with van der Waals surface area (Å²) in [7, 11) is 0. The number of nitrogens with one attached hydrogen (secondary N) is 1. The Hall–Kier alpha value is -1.27. The van der Waals surface area contributed by atoms with Gasteiger partial charge >= 0.3 is 6.18 Å². The number of nitrogens with zero attached hydrogens (tertiary/aromatic N) is 1. The molecule has 0 bridgehead atoms. The molecule has 1 unspecified atom stereocenters. The van der Waals surface area contributed by atoms with Crippen LogP contribution in [0.2, 0.25) is 0 Å². The summed E-state index contributed by atoms with van der Waals surface area (Å²) in [5, 5.41) is 2.73. The second-order valence-corrected chi connectivity index (χ2v) is 5.98. The summed E-state index contributed by atoms with van der Waals surface area (Å²) in [4.78, 5) is 25.6. The van der Waals surface area contributed by atoms with Crippen molar-refractivity contribution in [2.24, 2.45) is 0 Å². The van der Waals surface area contributed by atoms with E-state index in [0.29, 0.717) is 19.3 Å². The van der Waals surface area contributed by atoms with Crippen molar-refractivity contribution in [1.29, 1.82) is 0 Å². The number of halogens is 3. The van der Waals surface area contributed by atoms with Gasteiger partial charge in [-0.3, -0.25) is 9.59 Å². The molecule has 0 aromatic rings. The topological polar surface area (TPSA) is 49.4 Å². The van der Waals surface area contributed by atoms with E-state index in [-0.39, 0.29) is 6.42 Å². The Morgan fingerprint density at radius 2 is 1.86 bits per heavy atom. The molecule has 1 atom stereocenters. The van der Waals surface area contributed by atoms with Crippen LogP contribution in [0.4, 0.5) is 13.2 Å². The van der Waals surface area contributed by atoms with Crippen LogP contribution >= 0.6 is 0 Å². The van der Waals surface area contributed by atoms with Crippen LogP contribution in [0, 0.1) is 0 Å². The molecule has 1 aliphatic heterocycles. The lowest BCUT2D eigenvalue weighted by atomic mass is 9.78. The molecule has 1 saturated carbocycles. The molecule has 1 saturated heterocycles. The lowest BCUT2D eigenvalue weighted by Gasteiger charge is -2.47. The van der Waals surface area contributed by atoms with Crippen molar-refractivity contribution in [2.45, 2.75) is 69.6 Å². The fourth-order valence-corrected chi connectivity index (χ4v) is 3.36. The van der Waals surface area contributed by atoms with Crippen LogP contribution < -0.4 is 5.32 Å². The summed E-state index contributed by atoms with van der Waals surface area (Å²) in [5.74, 6) is -1.000. The fourth-order valence-electron chi connectivity index (χ4n) is 3.36. The predicted molar refractivity (Wildman–Crippen MR) is 70.4 cm³/mol. The number of hydrogen-bond acceptors (Lipinski definition) is 2. The highest BCUT2D eigenvalue weighted by Crippen LogP contribution is 2.35. The van der Waals surface area contributed by atoms with Gasteiger partial charge in [-0.15, -0.1) is 0 Å². The maximum atomic E-state index is 12.8. The molecule has 1 spiro atoms.